The summed E-state index contributed by atoms with van der Waals surface area (Å²) in [5.41, 5.74) is 1.55. The van der Waals surface area contributed by atoms with Gasteiger partial charge in [-0.3, -0.25) is 0 Å². The van der Waals surface area contributed by atoms with Crippen LogP contribution in [0.3, 0.4) is 0 Å². The van der Waals surface area contributed by atoms with Crippen molar-refractivity contribution in [2.75, 3.05) is 0 Å². The predicted octanol–water partition coefficient (Wildman–Crippen LogP) is 3.72. The zero-order chi connectivity index (χ0) is 11.1. The molecule has 1 N–H and O–H groups in total. The first-order valence-electron chi connectivity index (χ1n) is 4.62. The standard InChI is InChI=1S/C11H6BrFN2O/c12-9-7-5-6(13)1-2-8(7)15-10(9)11-14-3-4-16-11/h1-5,15H. The Labute approximate surface area is 98.4 Å². The number of nitrogens with zero attached hydrogens (tertiary/aromatic N) is 1. The Morgan fingerprint density at radius 2 is 2.25 bits per heavy atom. The number of aromatic amines is 1. The van der Waals surface area contributed by atoms with Crippen LogP contribution in [-0.2, 0) is 0 Å². The lowest BCUT2D eigenvalue weighted by molar-refractivity contribution is 0.572. The zero-order valence-electron chi connectivity index (χ0n) is 8.00. The summed E-state index contributed by atoms with van der Waals surface area (Å²) >= 11 is 3.41. The molecule has 80 valence electrons. The van der Waals surface area contributed by atoms with E-state index in [1.54, 1.807) is 12.3 Å². The van der Waals surface area contributed by atoms with Crippen molar-refractivity contribution in [3.05, 3.63) is 40.9 Å². The maximum absolute atomic E-state index is 13.1. The molecule has 3 rings (SSSR count). The number of rotatable bonds is 1. The van der Waals surface area contributed by atoms with Crippen LogP contribution in [0.1, 0.15) is 0 Å². The molecule has 0 aliphatic heterocycles. The van der Waals surface area contributed by atoms with Gasteiger partial charge >= 0.3 is 0 Å². The van der Waals surface area contributed by atoms with Gasteiger partial charge in [0, 0.05) is 10.9 Å². The summed E-state index contributed by atoms with van der Waals surface area (Å²) in [6, 6.07) is 4.55. The Hall–Kier alpha value is -1.62. The summed E-state index contributed by atoms with van der Waals surface area (Å²) in [6.45, 7) is 0. The largest absolute Gasteiger partial charge is 0.443 e. The van der Waals surface area contributed by atoms with Crippen LogP contribution in [0.5, 0.6) is 0 Å². The lowest BCUT2D eigenvalue weighted by Gasteiger charge is -1.91. The molecule has 16 heavy (non-hydrogen) atoms. The topological polar surface area (TPSA) is 41.8 Å². The molecule has 0 aliphatic rings. The molecule has 0 saturated heterocycles. The molecule has 0 radical (unpaired) electrons. The minimum absolute atomic E-state index is 0.272. The highest BCUT2D eigenvalue weighted by atomic mass is 79.9. The van der Waals surface area contributed by atoms with Crippen molar-refractivity contribution in [3.8, 4) is 11.6 Å². The van der Waals surface area contributed by atoms with Crippen LogP contribution in [0.15, 0.2) is 39.5 Å². The first-order valence-corrected chi connectivity index (χ1v) is 5.41. The fourth-order valence-electron chi connectivity index (χ4n) is 1.63. The predicted molar refractivity (Wildman–Crippen MR) is 61.5 cm³/mol. The van der Waals surface area contributed by atoms with Crippen molar-refractivity contribution in [2.45, 2.75) is 0 Å². The van der Waals surface area contributed by atoms with Crippen molar-refractivity contribution in [1.29, 1.82) is 0 Å². The third-order valence-electron chi connectivity index (χ3n) is 2.34. The van der Waals surface area contributed by atoms with Gasteiger partial charge in [0.15, 0.2) is 0 Å². The number of halogens is 2. The number of nitrogens with one attached hydrogen (secondary N) is 1. The highest BCUT2D eigenvalue weighted by Crippen LogP contribution is 2.34. The smallest absolute Gasteiger partial charge is 0.244 e. The van der Waals surface area contributed by atoms with E-state index in [2.05, 4.69) is 25.9 Å². The quantitative estimate of drug-likeness (QED) is 0.738. The SMILES string of the molecule is Fc1ccc2[nH]c(-c3ncco3)c(Br)c2c1. The molecule has 0 saturated carbocycles. The Kier molecular flexibility index (Phi) is 2.07. The van der Waals surface area contributed by atoms with Crippen molar-refractivity contribution in [2.24, 2.45) is 0 Å². The minimum atomic E-state index is -0.272. The van der Waals surface area contributed by atoms with E-state index in [-0.39, 0.29) is 5.82 Å². The fourth-order valence-corrected chi connectivity index (χ4v) is 2.22. The summed E-state index contributed by atoms with van der Waals surface area (Å²) < 4.78 is 19.0. The Bertz CT molecular complexity index is 645. The molecule has 0 unspecified atom stereocenters. The molecule has 0 amide bonds. The summed E-state index contributed by atoms with van der Waals surface area (Å²) in [5, 5.41) is 0.771. The van der Waals surface area contributed by atoms with Gasteiger partial charge in [-0.1, -0.05) is 0 Å². The van der Waals surface area contributed by atoms with Crippen LogP contribution < -0.4 is 0 Å². The molecule has 3 nitrogen and oxygen atoms in total. The second-order valence-electron chi connectivity index (χ2n) is 3.34. The van der Waals surface area contributed by atoms with Gasteiger partial charge < -0.3 is 9.40 Å². The molecule has 0 aliphatic carbocycles. The number of hydrogen-bond donors (Lipinski definition) is 1. The third-order valence-corrected chi connectivity index (χ3v) is 3.17. The number of oxazole rings is 1. The van der Waals surface area contributed by atoms with Gasteiger partial charge in [0.1, 0.15) is 17.8 Å². The Morgan fingerprint density at radius 1 is 1.38 bits per heavy atom. The highest BCUT2D eigenvalue weighted by molar-refractivity contribution is 9.10. The minimum Gasteiger partial charge on any atom is -0.443 e. The van der Waals surface area contributed by atoms with Gasteiger partial charge in [-0.05, 0) is 34.1 Å². The van der Waals surface area contributed by atoms with E-state index in [0.29, 0.717) is 11.6 Å². The van der Waals surface area contributed by atoms with Crippen LogP contribution in [0, 0.1) is 5.82 Å². The van der Waals surface area contributed by atoms with E-state index >= 15 is 0 Å². The zero-order valence-corrected chi connectivity index (χ0v) is 9.58. The van der Waals surface area contributed by atoms with Gasteiger partial charge in [0.25, 0.3) is 0 Å². The van der Waals surface area contributed by atoms with Crippen molar-refractivity contribution < 1.29 is 8.81 Å². The van der Waals surface area contributed by atoms with Crippen LogP contribution in [-0.4, -0.2) is 9.97 Å². The fraction of sp³-hybridized carbons (Fsp3) is 0. The van der Waals surface area contributed by atoms with E-state index < -0.39 is 0 Å². The summed E-state index contributed by atoms with van der Waals surface area (Å²) in [7, 11) is 0. The number of fused-ring (bicyclic) bond motifs is 1. The molecular weight excluding hydrogens is 275 g/mol. The molecule has 0 fully saturated rings. The average molecular weight is 281 g/mol. The van der Waals surface area contributed by atoms with Crippen LogP contribution in [0.2, 0.25) is 0 Å². The van der Waals surface area contributed by atoms with Gasteiger partial charge in [-0.2, -0.15) is 0 Å². The van der Waals surface area contributed by atoms with Gasteiger partial charge in [-0.15, -0.1) is 0 Å². The van der Waals surface area contributed by atoms with Crippen LogP contribution in [0.4, 0.5) is 4.39 Å². The van der Waals surface area contributed by atoms with E-state index in [9.17, 15) is 4.39 Å². The molecule has 3 aromatic rings. The van der Waals surface area contributed by atoms with E-state index in [1.165, 1.54) is 18.4 Å². The molecule has 0 atom stereocenters. The van der Waals surface area contributed by atoms with Gasteiger partial charge in [-0.25, -0.2) is 9.37 Å². The van der Waals surface area contributed by atoms with E-state index in [0.717, 1.165) is 15.4 Å². The second-order valence-corrected chi connectivity index (χ2v) is 4.13. The number of benzene rings is 1. The monoisotopic (exact) mass is 280 g/mol. The normalized spacial score (nSPS) is 11.1. The molecule has 2 heterocycles. The maximum atomic E-state index is 13.1. The lowest BCUT2D eigenvalue weighted by atomic mass is 10.2. The third kappa shape index (κ3) is 1.36. The maximum Gasteiger partial charge on any atom is 0.244 e. The summed E-state index contributed by atoms with van der Waals surface area (Å²) in [6.07, 6.45) is 3.06. The number of hydrogen-bond acceptors (Lipinski definition) is 2. The molecule has 0 spiro atoms. The Morgan fingerprint density at radius 3 is 3.00 bits per heavy atom. The van der Waals surface area contributed by atoms with Crippen LogP contribution in [0.25, 0.3) is 22.5 Å². The van der Waals surface area contributed by atoms with Crippen molar-refractivity contribution in [1.82, 2.24) is 9.97 Å². The first kappa shape index (κ1) is 9.59. The lowest BCUT2D eigenvalue weighted by Crippen LogP contribution is -1.76. The summed E-state index contributed by atoms with van der Waals surface area (Å²) in [4.78, 5) is 7.17. The molecule has 5 heteroatoms. The first-order chi connectivity index (χ1) is 7.75. The highest BCUT2D eigenvalue weighted by Gasteiger charge is 2.14. The average Bonchev–Trinajstić information content (AvgIpc) is 2.87. The summed E-state index contributed by atoms with van der Waals surface area (Å²) in [5.74, 6) is 0.203. The molecule has 2 aromatic heterocycles. The molecule has 0 bridgehead atoms. The van der Waals surface area contributed by atoms with Gasteiger partial charge in [0.05, 0.1) is 10.7 Å². The number of H-pyrrole nitrogens is 1. The van der Waals surface area contributed by atoms with E-state index in [1.807, 2.05) is 0 Å². The van der Waals surface area contributed by atoms with Crippen molar-refractivity contribution in [3.63, 3.8) is 0 Å². The van der Waals surface area contributed by atoms with Gasteiger partial charge in [0.2, 0.25) is 5.89 Å². The second kappa shape index (κ2) is 3.45. The molecule has 1 aromatic carbocycles. The van der Waals surface area contributed by atoms with Crippen LogP contribution >= 0.6 is 15.9 Å². The number of aromatic nitrogens is 2. The van der Waals surface area contributed by atoms with Crippen molar-refractivity contribution >= 4 is 26.8 Å². The van der Waals surface area contributed by atoms with E-state index in [4.69, 9.17) is 4.42 Å². The Balaban J connectivity index is 2.32. The molecular formula is C11H6BrFN2O.